The van der Waals surface area contributed by atoms with Crippen LogP contribution in [0.2, 0.25) is 5.02 Å². The van der Waals surface area contributed by atoms with Crippen LogP contribution in [-0.2, 0) is 6.54 Å². The highest BCUT2D eigenvalue weighted by molar-refractivity contribution is 6.30. The molecule has 0 unspecified atom stereocenters. The van der Waals surface area contributed by atoms with E-state index in [0.717, 1.165) is 49.4 Å². The van der Waals surface area contributed by atoms with Crippen LogP contribution >= 0.6 is 11.6 Å². The Morgan fingerprint density at radius 1 is 1.32 bits per heavy atom. The molecule has 0 bridgehead atoms. The van der Waals surface area contributed by atoms with Crippen molar-refractivity contribution in [2.24, 2.45) is 0 Å². The minimum absolute atomic E-state index is 0.168. The van der Waals surface area contributed by atoms with Gasteiger partial charge >= 0.3 is 0 Å². The molecule has 0 amide bonds. The second-order valence-corrected chi connectivity index (χ2v) is 7.02. The molecule has 1 fully saturated rings. The van der Waals surface area contributed by atoms with Gasteiger partial charge in [0.15, 0.2) is 0 Å². The molecule has 1 aliphatic rings. The number of fused-ring (bicyclic) bond motifs is 1. The van der Waals surface area contributed by atoms with Crippen LogP contribution in [0.5, 0.6) is 0 Å². The van der Waals surface area contributed by atoms with Gasteiger partial charge in [-0.15, -0.1) is 0 Å². The first kappa shape index (κ1) is 16.4. The summed E-state index contributed by atoms with van der Waals surface area (Å²) in [5.74, 6) is 0.644. The molecule has 1 aromatic carbocycles. The monoisotopic (exact) mass is 359 g/mol. The molecule has 25 heavy (non-hydrogen) atoms. The topological polar surface area (TPSA) is 46.3 Å². The SMILES string of the molecule is Cc1cc([C@@H]2CCCN(Cc3ccc(Cl)c(F)c3)C2)n2ncnc2n1. The molecule has 4 rings (SSSR count). The zero-order valence-electron chi connectivity index (χ0n) is 14.0. The third kappa shape index (κ3) is 3.37. The lowest BCUT2D eigenvalue weighted by atomic mass is 9.93. The van der Waals surface area contributed by atoms with Crippen molar-refractivity contribution in [1.82, 2.24) is 24.5 Å². The summed E-state index contributed by atoms with van der Waals surface area (Å²) in [6.07, 6.45) is 3.74. The first-order valence-corrected chi connectivity index (χ1v) is 8.81. The Kier molecular flexibility index (Phi) is 4.39. The van der Waals surface area contributed by atoms with E-state index >= 15 is 0 Å². The maximum absolute atomic E-state index is 13.7. The van der Waals surface area contributed by atoms with Crippen molar-refractivity contribution in [2.75, 3.05) is 13.1 Å². The molecule has 0 N–H and O–H groups in total. The van der Waals surface area contributed by atoms with Gasteiger partial charge in [-0.1, -0.05) is 17.7 Å². The number of nitrogens with zero attached hydrogens (tertiary/aromatic N) is 5. The Morgan fingerprint density at radius 2 is 2.20 bits per heavy atom. The molecule has 130 valence electrons. The van der Waals surface area contributed by atoms with Gasteiger partial charge in [0.2, 0.25) is 0 Å². The Bertz CT molecular complexity index is 910. The highest BCUT2D eigenvalue weighted by Crippen LogP contribution is 2.28. The number of hydrogen-bond acceptors (Lipinski definition) is 4. The quantitative estimate of drug-likeness (QED) is 0.716. The number of aromatic nitrogens is 4. The lowest BCUT2D eigenvalue weighted by molar-refractivity contribution is 0.197. The van der Waals surface area contributed by atoms with Crippen LogP contribution in [0.4, 0.5) is 4.39 Å². The second kappa shape index (κ2) is 6.69. The van der Waals surface area contributed by atoms with E-state index in [9.17, 15) is 4.39 Å². The van der Waals surface area contributed by atoms with Crippen LogP contribution in [0.1, 0.15) is 35.7 Å². The Balaban J connectivity index is 1.56. The number of piperidine rings is 1. The summed E-state index contributed by atoms with van der Waals surface area (Å²) in [5.41, 5.74) is 3.04. The van der Waals surface area contributed by atoms with Gasteiger partial charge < -0.3 is 0 Å². The number of halogens is 2. The molecule has 0 aliphatic carbocycles. The van der Waals surface area contributed by atoms with Crippen LogP contribution in [0.15, 0.2) is 30.6 Å². The summed E-state index contributed by atoms with van der Waals surface area (Å²) < 4.78 is 15.5. The van der Waals surface area contributed by atoms with E-state index in [1.165, 1.54) is 6.07 Å². The minimum atomic E-state index is -0.359. The predicted molar refractivity (Wildman–Crippen MR) is 94.2 cm³/mol. The molecule has 7 heteroatoms. The average Bonchev–Trinajstić information content (AvgIpc) is 3.06. The molecular formula is C18H19ClFN5. The van der Waals surface area contributed by atoms with Crippen LogP contribution < -0.4 is 0 Å². The van der Waals surface area contributed by atoms with Gasteiger partial charge in [-0.25, -0.2) is 13.9 Å². The summed E-state index contributed by atoms with van der Waals surface area (Å²) in [7, 11) is 0. The van der Waals surface area contributed by atoms with E-state index in [1.54, 1.807) is 12.4 Å². The molecule has 1 saturated heterocycles. The second-order valence-electron chi connectivity index (χ2n) is 6.62. The van der Waals surface area contributed by atoms with Gasteiger partial charge in [0.05, 0.1) is 10.7 Å². The summed E-state index contributed by atoms with van der Waals surface area (Å²) in [5, 5.41) is 4.49. The van der Waals surface area contributed by atoms with Crippen molar-refractivity contribution in [3.05, 3.63) is 58.4 Å². The Morgan fingerprint density at radius 3 is 3.04 bits per heavy atom. The van der Waals surface area contributed by atoms with Crippen LogP contribution in [-0.4, -0.2) is 37.6 Å². The minimum Gasteiger partial charge on any atom is -0.298 e. The molecule has 3 aromatic rings. The van der Waals surface area contributed by atoms with Gasteiger partial charge in [-0.05, 0) is 50.1 Å². The third-order valence-electron chi connectivity index (χ3n) is 4.72. The van der Waals surface area contributed by atoms with Gasteiger partial charge in [0.1, 0.15) is 12.1 Å². The van der Waals surface area contributed by atoms with Gasteiger partial charge in [-0.2, -0.15) is 10.1 Å². The first-order chi connectivity index (χ1) is 12.1. The maximum atomic E-state index is 13.7. The van der Waals surface area contributed by atoms with Gasteiger partial charge in [-0.3, -0.25) is 4.90 Å². The largest absolute Gasteiger partial charge is 0.298 e. The summed E-state index contributed by atoms with van der Waals surface area (Å²) in [6, 6.07) is 7.13. The van der Waals surface area contributed by atoms with Crippen molar-refractivity contribution < 1.29 is 4.39 Å². The molecule has 0 radical (unpaired) electrons. The van der Waals surface area contributed by atoms with Crippen molar-refractivity contribution >= 4 is 17.4 Å². The van der Waals surface area contributed by atoms with E-state index in [1.807, 2.05) is 17.5 Å². The fourth-order valence-corrected chi connectivity index (χ4v) is 3.70. The smallest absolute Gasteiger partial charge is 0.252 e. The molecule has 1 atom stereocenters. The summed E-state index contributed by atoms with van der Waals surface area (Å²) >= 11 is 5.78. The Labute approximate surface area is 150 Å². The lowest BCUT2D eigenvalue weighted by Gasteiger charge is -2.33. The van der Waals surface area contributed by atoms with Crippen molar-refractivity contribution in [3.63, 3.8) is 0 Å². The lowest BCUT2D eigenvalue weighted by Crippen LogP contribution is -2.34. The van der Waals surface area contributed by atoms with E-state index in [-0.39, 0.29) is 10.8 Å². The zero-order chi connectivity index (χ0) is 17.4. The van der Waals surface area contributed by atoms with Crippen molar-refractivity contribution in [1.29, 1.82) is 0 Å². The first-order valence-electron chi connectivity index (χ1n) is 8.44. The fraction of sp³-hybridized carbons (Fsp3) is 0.389. The number of aryl methyl sites for hydroxylation is 1. The number of hydrogen-bond donors (Lipinski definition) is 0. The van der Waals surface area contributed by atoms with E-state index < -0.39 is 0 Å². The van der Waals surface area contributed by atoms with Crippen molar-refractivity contribution in [2.45, 2.75) is 32.2 Å². The molecule has 3 heterocycles. The number of rotatable bonds is 3. The van der Waals surface area contributed by atoms with Crippen LogP contribution in [0.3, 0.4) is 0 Å². The fourth-order valence-electron chi connectivity index (χ4n) is 3.59. The molecule has 5 nitrogen and oxygen atoms in total. The summed E-state index contributed by atoms with van der Waals surface area (Å²) in [6.45, 7) is 4.61. The molecular weight excluding hydrogens is 341 g/mol. The number of likely N-dealkylation sites (tertiary alicyclic amines) is 1. The van der Waals surface area contributed by atoms with Crippen LogP contribution in [0, 0.1) is 12.7 Å². The van der Waals surface area contributed by atoms with Crippen LogP contribution in [0.25, 0.3) is 5.78 Å². The van der Waals surface area contributed by atoms with Gasteiger partial charge in [0.25, 0.3) is 5.78 Å². The van der Waals surface area contributed by atoms with Gasteiger partial charge in [0, 0.05) is 24.7 Å². The van der Waals surface area contributed by atoms with E-state index in [4.69, 9.17) is 11.6 Å². The zero-order valence-corrected chi connectivity index (χ0v) is 14.7. The maximum Gasteiger partial charge on any atom is 0.252 e. The molecule has 2 aromatic heterocycles. The Hall–Kier alpha value is -2.05. The van der Waals surface area contributed by atoms with E-state index in [2.05, 4.69) is 26.0 Å². The average molecular weight is 360 g/mol. The predicted octanol–water partition coefficient (Wildman–Crippen LogP) is 3.60. The van der Waals surface area contributed by atoms with E-state index in [0.29, 0.717) is 11.7 Å². The third-order valence-corrected chi connectivity index (χ3v) is 5.03. The number of benzene rings is 1. The van der Waals surface area contributed by atoms with Crippen molar-refractivity contribution in [3.8, 4) is 0 Å². The normalized spacial score (nSPS) is 18.8. The molecule has 1 aliphatic heterocycles. The summed E-state index contributed by atoms with van der Waals surface area (Å²) in [4.78, 5) is 11.0. The highest BCUT2D eigenvalue weighted by atomic mass is 35.5. The molecule has 0 saturated carbocycles. The standard InChI is InChI=1S/C18H19ClFN5/c1-12-7-17(25-18(23-12)21-11-22-25)14-3-2-6-24(10-14)9-13-4-5-15(19)16(20)8-13/h4-5,7-8,11,14H,2-3,6,9-10H2,1H3/t14-/m1/s1. The molecule has 0 spiro atoms. The highest BCUT2D eigenvalue weighted by Gasteiger charge is 2.24.